The number of ether oxygens (including phenoxy) is 1. The molecule has 1 aromatic rings. The molecule has 1 heterocycles. The highest BCUT2D eigenvalue weighted by Gasteiger charge is 2.30. The van der Waals surface area contributed by atoms with Crippen LogP contribution < -0.4 is 10.5 Å². The molecule has 2 N–H and O–H groups in total. The van der Waals surface area contributed by atoms with Gasteiger partial charge in [-0.3, -0.25) is 0 Å². The van der Waals surface area contributed by atoms with E-state index in [1.165, 1.54) is 0 Å². The second-order valence-electron chi connectivity index (χ2n) is 5.31. The van der Waals surface area contributed by atoms with Crippen molar-refractivity contribution >= 4 is 15.5 Å². The number of benzene rings is 1. The Labute approximate surface area is 120 Å². The van der Waals surface area contributed by atoms with Gasteiger partial charge in [-0.15, -0.1) is 0 Å². The van der Waals surface area contributed by atoms with Gasteiger partial charge in [0.05, 0.1) is 18.1 Å². The molecule has 2 rings (SSSR count). The molecular formula is C14H22N2O3S. The van der Waals surface area contributed by atoms with Crippen LogP contribution >= 0.6 is 0 Å². The van der Waals surface area contributed by atoms with Crippen molar-refractivity contribution in [1.29, 1.82) is 0 Å². The first kappa shape index (κ1) is 15.1. The fraction of sp³-hybridized carbons (Fsp3) is 0.571. The molecule has 0 bridgehead atoms. The quantitative estimate of drug-likeness (QED) is 0.630. The average Bonchev–Trinajstić information content (AvgIpc) is 2.77. The van der Waals surface area contributed by atoms with Crippen LogP contribution in [0.3, 0.4) is 0 Å². The molecule has 0 saturated carbocycles. The van der Waals surface area contributed by atoms with Crippen LogP contribution in [-0.2, 0) is 9.84 Å². The molecule has 20 heavy (non-hydrogen) atoms. The van der Waals surface area contributed by atoms with Gasteiger partial charge < -0.3 is 15.4 Å². The first-order valence-electron chi connectivity index (χ1n) is 6.85. The zero-order valence-corrected chi connectivity index (χ0v) is 12.6. The van der Waals surface area contributed by atoms with E-state index in [-0.39, 0.29) is 6.04 Å². The van der Waals surface area contributed by atoms with Crippen molar-refractivity contribution in [3.63, 3.8) is 0 Å². The van der Waals surface area contributed by atoms with Gasteiger partial charge in [-0.2, -0.15) is 0 Å². The van der Waals surface area contributed by atoms with Crippen LogP contribution in [0, 0.1) is 0 Å². The van der Waals surface area contributed by atoms with Gasteiger partial charge in [-0.1, -0.05) is 0 Å². The highest BCUT2D eigenvalue weighted by atomic mass is 32.2. The van der Waals surface area contributed by atoms with Gasteiger partial charge in [-0.05, 0) is 44.2 Å². The maximum absolute atomic E-state index is 11.4. The predicted octanol–water partition coefficient (Wildman–Crippen LogP) is 1.16. The molecular weight excluding hydrogens is 276 g/mol. The molecule has 0 aliphatic carbocycles. The molecule has 0 radical (unpaired) electrons. The molecule has 1 atom stereocenters. The molecule has 1 aliphatic rings. The third-order valence-electron chi connectivity index (χ3n) is 3.64. The Kier molecular flexibility index (Phi) is 4.88. The van der Waals surface area contributed by atoms with Crippen LogP contribution in [0.25, 0.3) is 0 Å². The van der Waals surface area contributed by atoms with Crippen LogP contribution in [0.4, 0.5) is 5.69 Å². The Morgan fingerprint density at radius 3 is 2.65 bits per heavy atom. The Bertz CT molecular complexity index is 528. The molecule has 0 spiro atoms. The van der Waals surface area contributed by atoms with Crippen LogP contribution in [0.2, 0.25) is 0 Å². The standard InChI is InChI=1S/C14H22N2O3S/c1-16(13-7-10-20(17,18)11-13)8-2-9-19-14-5-3-12(15)4-6-14/h3-6,13H,2,7-11,15H2,1H3. The van der Waals surface area contributed by atoms with Crippen LogP contribution in [0.15, 0.2) is 24.3 Å². The highest BCUT2D eigenvalue weighted by molar-refractivity contribution is 7.91. The normalized spacial score (nSPS) is 21.2. The van der Waals surface area contributed by atoms with Gasteiger partial charge >= 0.3 is 0 Å². The van der Waals surface area contributed by atoms with E-state index in [4.69, 9.17) is 10.5 Å². The van der Waals surface area contributed by atoms with E-state index in [1.54, 1.807) is 0 Å². The topological polar surface area (TPSA) is 72.6 Å². The van der Waals surface area contributed by atoms with E-state index in [0.29, 0.717) is 18.1 Å². The average molecular weight is 298 g/mol. The van der Waals surface area contributed by atoms with Crippen LogP contribution in [0.5, 0.6) is 5.75 Å². The van der Waals surface area contributed by atoms with Gasteiger partial charge in [0.15, 0.2) is 9.84 Å². The largest absolute Gasteiger partial charge is 0.494 e. The first-order valence-corrected chi connectivity index (χ1v) is 8.67. The lowest BCUT2D eigenvalue weighted by Crippen LogP contribution is -2.34. The monoisotopic (exact) mass is 298 g/mol. The number of anilines is 1. The minimum atomic E-state index is -2.80. The SMILES string of the molecule is CN(CCCOc1ccc(N)cc1)C1CCS(=O)(=O)C1. The van der Waals surface area contributed by atoms with Crippen molar-refractivity contribution in [1.82, 2.24) is 4.90 Å². The molecule has 6 heteroatoms. The second kappa shape index (κ2) is 6.45. The highest BCUT2D eigenvalue weighted by Crippen LogP contribution is 2.17. The summed E-state index contributed by atoms with van der Waals surface area (Å²) in [4.78, 5) is 2.12. The van der Waals surface area contributed by atoms with E-state index in [0.717, 1.165) is 30.8 Å². The molecule has 5 nitrogen and oxygen atoms in total. The fourth-order valence-corrected chi connectivity index (χ4v) is 4.18. The first-order chi connectivity index (χ1) is 9.46. The fourth-order valence-electron chi connectivity index (χ4n) is 2.37. The number of hydrogen-bond acceptors (Lipinski definition) is 5. The third kappa shape index (κ3) is 4.38. The Hall–Kier alpha value is -1.27. The van der Waals surface area contributed by atoms with Gasteiger partial charge in [-0.25, -0.2) is 8.42 Å². The summed E-state index contributed by atoms with van der Waals surface area (Å²) in [6.45, 7) is 1.46. The van der Waals surface area contributed by atoms with Crippen molar-refractivity contribution in [3.05, 3.63) is 24.3 Å². The zero-order valence-electron chi connectivity index (χ0n) is 11.8. The lowest BCUT2D eigenvalue weighted by molar-refractivity contribution is 0.227. The summed E-state index contributed by atoms with van der Waals surface area (Å²) in [5.41, 5.74) is 6.32. The van der Waals surface area contributed by atoms with Crippen molar-refractivity contribution in [2.45, 2.75) is 18.9 Å². The maximum atomic E-state index is 11.4. The Morgan fingerprint density at radius 2 is 2.05 bits per heavy atom. The lowest BCUT2D eigenvalue weighted by atomic mass is 10.2. The Balaban J connectivity index is 1.67. The van der Waals surface area contributed by atoms with E-state index >= 15 is 0 Å². The molecule has 1 saturated heterocycles. The van der Waals surface area contributed by atoms with Crippen molar-refractivity contribution < 1.29 is 13.2 Å². The van der Waals surface area contributed by atoms with E-state index < -0.39 is 9.84 Å². The van der Waals surface area contributed by atoms with Crippen molar-refractivity contribution in [2.24, 2.45) is 0 Å². The van der Waals surface area contributed by atoms with E-state index in [9.17, 15) is 8.42 Å². The third-order valence-corrected chi connectivity index (χ3v) is 5.39. The number of nitrogens with zero attached hydrogens (tertiary/aromatic N) is 1. The summed E-state index contributed by atoms with van der Waals surface area (Å²) in [5.74, 6) is 1.43. The molecule has 1 unspecified atom stereocenters. The van der Waals surface area contributed by atoms with Gasteiger partial charge in [0.25, 0.3) is 0 Å². The van der Waals surface area contributed by atoms with E-state index in [1.807, 2.05) is 31.3 Å². The summed E-state index contributed by atoms with van der Waals surface area (Å²) in [5, 5.41) is 0. The Morgan fingerprint density at radius 1 is 1.35 bits per heavy atom. The summed E-state index contributed by atoms with van der Waals surface area (Å²) in [6.07, 6.45) is 1.62. The zero-order chi connectivity index (χ0) is 14.6. The molecule has 1 aromatic carbocycles. The minimum Gasteiger partial charge on any atom is -0.494 e. The van der Waals surface area contributed by atoms with Gasteiger partial charge in [0.2, 0.25) is 0 Å². The summed E-state index contributed by atoms with van der Waals surface area (Å²) in [7, 11) is -0.822. The summed E-state index contributed by atoms with van der Waals surface area (Å²) in [6, 6.07) is 7.48. The number of rotatable bonds is 6. The molecule has 112 valence electrons. The van der Waals surface area contributed by atoms with Crippen molar-refractivity contribution in [3.8, 4) is 5.75 Å². The molecule has 1 fully saturated rings. The molecule has 1 aliphatic heterocycles. The number of nitrogen functional groups attached to an aromatic ring is 1. The maximum Gasteiger partial charge on any atom is 0.151 e. The summed E-state index contributed by atoms with van der Waals surface area (Å²) < 4.78 is 28.5. The van der Waals surface area contributed by atoms with Gasteiger partial charge in [0.1, 0.15) is 5.75 Å². The van der Waals surface area contributed by atoms with Crippen LogP contribution in [-0.4, -0.2) is 51.1 Å². The predicted molar refractivity (Wildman–Crippen MR) is 80.7 cm³/mol. The van der Waals surface area contributed by atoms with E-state index in [2.05, 4.69) is 4.90 Å². The smallest absolute Gasteiger partial charge is 0.151 e. The molecule has 0 amide bonds. The number of nitrogens with two attached hydrogens (primary N) is 1. The second-order valence-corrected chi connectivity index (χ2v) is 7.54. The van der Waals surface area contributed by atoms with Crippen LogP contribution in [0.1, 0.15) is 12.8 Å². The molecule has 0 aromatic heterocycles. The minimum absolute atomic E-state index is 0.163. The summed E-state index contributed by atoms with van der Waals surface area (Å²) >= 11 is 0. The van der Waals surface area contributed by atoms with Crippen molar-refractivity contribution in [2.75, 3.05) is 37.4 Å². The van der Waals surface area contributed by atoms with Gasteiger partial charge in [0, 0.05) is 18.3 Å². The lowest BCUT2D eigenvalue weighted by Gasteiger charge is -2.22. The number of hydrogen-bond donors (Lipinski definition) is 1. The number of sulfone groups is 1.